The number of aromatic nitrogens is 5. The van der Waals surface area contributed by atoms with Gasteiger partial charge < -0.3 is 10.3 Å². The molecule has 0 unspecified atom stereocenters. The Bertz CT molecular complexity index is 1170. The summed E-state index contributed by atoms with van der Waals surface area (Å²) in [6.07, 6.45) is 6.35. The Morgan fingerprint density at radius 3 is 2.87 bits per heavy atom. The van der Waals surface area contributed by atoms with Gasteiger partial charge in [0, 0.05) is 0 Å². The first-order valence-corrected chi connectivity index (χ1v) is 10.0. The summed E-state index contributed by atoms with van der Waals surface area (Å²) in [4.78, 5) is 20.6. The normalized spacial score (nSPS) is 12.5. The van der Waals surface area contributed by atoms with E-state index in [1.165, 1.54) is 0 Å². The van der Waals surface area contributed by atoms with Crippen molar-refractivity contribution in [2.75, 3.05) is 0 Å². The molecule has 0 aliphatic carbocycles. The number of allylic oxidation sites excluding steroid dienone is 1. The van der Waals surface area contributed by atoms with Gasteiger partial charge in [-0.05, 0) is 36.6 Å². The van der Waals surface area contributed by atoms with Crippen molar-refractivity contribution in [1.29, 1.82) is 0 Å². The predicted molar refractivity (Wildman–Crippen MR) is 117 cm³/mol. The van der Waals surface area contributed by atoms with Crippen molar-refractivity contribution < 1.29 is 4.79 Å². The Morgan fingerprint density at radius 1 is 1.23 bits per heavy atom. The van der Waals surface area contributed by atoms with Crippen LogP contribution in [0.2, 0.25) is 0 Å². The largest absolute Gasteiger partial charge is 0.341 e. The van der Waals surface area contributed by atoms with Crippen LogP contribution < -0.4 is 5.32 Å². The quantitative estimate of drug-likeness (QED) is 0.490. The van der Waals surface area contributed by atoms with E-state index >= 15 is 0 Å². The minimum atomic E-state index is -0.267. The Labute approximate surface area is 174 Å². The molecule has 0 aliphatic rings. The molecule has 7 nitrogen and oxygen atoms in total. The van der Waals surface area contributed by atoms with Crippen molar-refractivity contribution in [2.45, 2.75) is 32.9 Å². The minimum absolute atomic E-state index is 0.228. The molecule has 1 amide bonds. The van der Waals surface area contributed by atoms with Crippen LogP contribution in [-0.2, 0) is 6.54 Å². The second kappa shape index (κ2) is 8.73. The highest BCUT2D eigenvalue weighted by atomic mass is 16.2. The Kier molecular flexibility index (Phi) is 5.70. The molecule has 2 heterocycles. The van der Waals surface area contributed by atoms with Crippen LogP contribution in [0.1, 0.15) is 46.8 Å². The summed E-state index contributed by atoms with van der Waals surface area (Å²) < 4.78 is 1.64. The summed E-state index contributed by atoms with van der Waals surface area (Å²) in [5.74, 6) is 0.474. The summed E-state index contributed by atoms with van der Waals surface area (Å²) in [6, 6.07) is 15.8. The van der Waals surface area contributed by atoms with Gasteiger partial charge in [-0.25, -0.2) is 9.67 Å². The van der Waals surface area contributed by atoms with E-state index in [0.717, 1.165) is 28.0 Å². The Hall–Kier alpha value is -3.74. The topological polar surface area (TPSA) is 88.5 Å². The molecule has 0 radical (unpaired) electrons. The van der Waals surface area contributed by atoms with Crippen molar-refractivity contribution in [3.8, 4) is 0 Å². The van der Waals surface area contributed by atoms with Gasteiger partial charge in [0.15, 0.2) is 5.69 Å². The van der Waals surface area contributed by atoms with Gasteiger partial charge in [0.2, 0.25) is 0 Å². The summed E-state index contributed by atoms with van der Waals surface area (Å²) >= 11 is 0. The van der Waals surface area contributed by atoms with E-state index in [4.69, 9.17) is 0 Å². The third-order valence-electron chi connectivity index (χ3n) is 4.87. The van der Waals surface area contributed by atoms with Crippen LogP contribution in [0, 0.1) is 6.92 Å². The van der Waals surface area contributed by atoms with Crippen molar-refractivity contribution in [3.05, 3.63) is 83.4 Å². The third-order valence-corrected chi connectivity index (χ3v) is 4.87. The molecule has 7 heteroatoms. The van der Waals surface area contributed by atoms with E-state index in [-0.39, 0.29) is 17.6 Å². The van der Waals surface area contributed by atoms with Crippen LogP contribution in [0.5, 0.6) is 0 Å². The molecular formula is C23H24N6O. The first-order valence-electron chi connectivity index (χ1n) is 10.0. The van der Waals surface area contributed by atoms with Crippen molar-refractivity contribution in [3.63, 3.8) is 0 Å². The number of aryl methyl sites for hydroxylation is 1. The van der Waals surface area contributed by atoms with E-state index in [1.54, 1.807) is 10.9 Å². The van der Waals surface area contributed by atoms with E-state index in [9.17, 15) is 4.79 Å². The number of amides is 1. The first-order chi connectivity index (χ1) is 14.6. The number of hydrogen-bond donors (Lipinski definition) is 2. The van der Waals surface area contributed by atoms with Crippen LogP contribution >= 0.6 is 0 Å². The lowest BCUT2D eigenvalue weighted by molar-refractivity contribution is 0.0928. The zero-order chi connectivity index (χ0) is 20.9. The molecule has 2 aromatic heterocycles. The second-order valence-corrected chi connectivity index (χ2v) is 7.22. The lowest BCUT2D eigenvalue weighted by Crippen LogP contribution is -2.29. The monoisotopic (exact) mass is 400 g/mol. The van der Waals surface area contributed by atoms with E-state index < -0.39 is 0 Å². The van der Waals surface area contributed by atoms with Gasteiger partial charge in [0.05, 0.1) is 29.8 Å². The number of H-pyrrole nitrogens is 1. The van der Waals surface area contributed by atoms with Crippen LogP contribution in [0.15, 0.2) is 60.8 Å². The number of nitrogens with zero attached hydrogens (tertiary/aromatic N) is 4. The molecule has 30 heavy (non-hydrogen) atoms. The predicted octanol–water partition coefficient (Wildman–Crippen LogP) is 4.06. The van der Waals surface area contributed by atoms with Crippen molar-refractivity contribution in [1.82, 2.24) is 30.3 Å². The van der Waals surface area contributed by atoms with Gasteiger partial charge in [-0.3, -0.25) is 4.79 Å². The number of rotatable bonds is 7. The zero-order valence-corrected chi connectivity index (χ0v) is 17.0. The molecule has 2 aromatic carbocycles. The highest BCUT2D eigenvalue weighted by Gasteiger charge is 2.19. The molecule has 0 spiro atoms. The fourth-order valence-corrected chi connectivity index (χ4v) is 3.26. The van der Waals surface area contributed by atoms with Crippen molar-refractivity contribution >= 4 is 23.0 Å². The van der Waals surface area contributed by atoms with Gasteiger partial charge in [-0.2, -0.15) is 0 Å². The fourth-order valence-electron chi connectivity index (χ4n) is 3.26. The minimum Gasteiger partial charge on any atom is -0.341 e. The smallest absolute Gasteiger partial charge is 0.274 e. The lowest BCUT2D eigenvalue weighted by atomic mass is 10.2. The molecule has 152 valence electrons. The van der Waals surface area contributed by atoms with Gasteiger partial charge in [0.1, 0.15) is 5.82 Å². The van der Waals surface area contributed by atoms with Gasteiger partial charge in [0.25, 0.3) is 5.91 Å². The molecule has 0 fully saturated rings. The fraction of sp³-hybridized carbons (Fsp3) is 0.217. The molecule has 4 aromatic rings. The Balaban J connectivity index is 1.41. The number of carbonyl (C=O) groups is 1. The number of aromatic amines is 1. The Morgan fingerprint density at radius 2 is 2.07 bits per heavy atom. The number of benzene rings is 2. The van der Waals surface area contributed by atoms with Gasteiger partial charge in [-0.15, -0.1) is 5.10 Å². The average Bonchev–Trinajstić information content (AvgIpc) is 3.39. The van der Waals surface area contributed by atoms with Gasteiger partial charge in [-0.1, -0.05) is 60.7 Å². The van der Waals surface area contributed by atoms with Crippen LogP contribution in [0.3, 0.4) is 0 Å². The van der Waals surface area contributed by atoms with E-state index in [0.29, 0.717) is 13.0 Å². The van der Waals surface area contributed by atoms with E-state index in [2.05, 4.69) is 31.7 Å². The molecule has 0 aliphatic heterocycles. The number of nitrogens with one attached hydrogen (secondary N) is 2. The van der Waals surface area contributed by atoms with Crippen molar-refractivity contribution in [2.24, 2.45) is 0 Å². The third kappa shape index (κ3) is 4.46. The average molecular weight is 400 g/mol. The zero-order valence-electron chi connectivity index (χ0n) is 17.0. The van der Waals surface area contributed by atoms with Crippen LogP contribution in [0.25, 0.3) is 17.1 Å². The standard InChI is InChI=1S/C23H24N6O/c1-3-18(22-24-19-12-11-16(2)14-20(19)25-22)26-23(30)21-15-29(28-27-21)13-7-10-17-8-5-4-6-9-17/h4-12,14-15,18H,3,13H2,1-2H3,(H,24,25)(H,26,30)/b10-7+/t18-/m1/s1. The molecule has 2 N–H and O–H groups in total. The molecular weight excluding hydrogens is 376 g/mol. The maximum absolute atomic E-state index is 12.7. The summed E-state index contributed by atoms with van der Waals surface area (Å²) in [5.41, 5.74) is 4.41. The van der Waals surface area contributed by atoms with Crippen LogP contribution in [-0.4, -0.2) is 30.9 Å². The summed E-state index contributed by atoms with van der Waals surface area (Å²) in [7, 11) is 0. The first kappa shape index (κ1) is 19.6. The highest BCUT2D eigenvalue weighted by molar-refractivity contribution is 5.92. The van der Waals surface area contributed by atoms with E-state index in [1.807, 2.05) is 68.5 Å². The second-order valence-electron chi connectivity index (χ2n) is 7.22. The summed E-state index contributed by atoms with van der Waals surface area (Å²) in [5, 5.41) is 11.1. The SMILES string of the molecule is CC[C@@H](NC(=O)c1cn(C/C=C/c2ccccc2)nn1)c1nc2ccc(C)cc2[nH]1. The summed E-state index contributed by atoms with van der Waals surface area (Å²) in [6.45, 7) is 4.58. The molecule has 1 atom stereocenters. The maximum Gasteiger partial charge on any atom is 0.274 e. The number of fused-ring (bicyclic) bond motifs is 1. The number of carbonyl (C=O) groups excluding carboxylic acids is 1. The maximum atomic E-state index is 12.7. The lowest BCUT2D eigenvalue weighted by Gasteiger charge is -2.13. The van der Waals surface area contributed by atoms with Crippen LogP contribution in [0.4, 0.5) is 0 Å². The molecule has 4 rings (SSSR count). The number of imidazole rings is 1. The van der Waals surface area contributed by atoms with Gasteiger partial charge >= 0.3 is 0 Å². The number of hydrogen-bond acceptors (Lipinski definition) is 4. The molecule has 0 bridgehead atoms. The highest BCUT2D eigenvalue weighted by Crippen LogP contribution is 2.19. The molecule has 0 saturated heterocycles. The molecule has 0 saturated carbocycles.